The molecule has 234 valence electrons. The molecule has 0 heterocycles. The van der Waals surface area contributed by atoms with Crippen LogP contribution in [0.3, 0.4) is 0 Å². The van der Waals surface area contributed by atoms with Crippen LogP contribution in [0.5, 0.6) is 0 Å². The molecule has 0 fully saturated rings. The molecule has 2 unspecified atom stereocenters. The fourth-order valence-corrected chi connectivity index (χ4v) is 5.03. The highest BCUT2D eigenvalue weighted by Crippen LogP contribution is 2.23. The molecule has 0 saturated heterocycles. The summed E-state index contributed by atoms with van der Waals surface area (Å²) in [5.74, 6) is -0.537. The lowest BCUT2D eigenvalue weighted by molar-refractivity contribution is -0.214. The minimum Gasteiger partial charge on any atom is -0.433 e. The second-order valence-corrected chi connectivity index (χ2v) is 11.4. The van der Waals surface area contributed by atoms with Crippen LogP contribution in [0.25, 0.3) is 0 Å². The number of aliphatic hydroxyl groups excluding tert-OH is 6. The van der Waals surface area contributed by atoms with Crippen molar-refractivity contribution in [2.24, 2.45) is 5.92 Å². The molecule has 0 radical (unpaired) electrons. The van der Waals surface area contributed by atoms with Crippen LogP contribution in [0.2, 0.25) is 0 Å². The molecule has 0 bridgehead atoms. The molecule has 6 atom stereocenters. The average molecular weight is 563 g/mol. The van der Waals surface area contributed by atoms with Crippen molar-refractivity contribution in [2.75, 3.05) is 6.61 Å². The van der Waals surface area contributed by atoms with Crippen molar-refractivity contribution >= 4 is 5.97 Å². The molecule has 39 heavy (non-hydrogen) atoms. The maximum Gasteiger partial charge on any atom is 0.308 e. The quantitative estimate of drug-likeness (QED) is 0.0437. The number of unbranched alkanes of at least 4 members (excludes halogenated alkanes) is 16. The van der Waals surface area contributed by atoms with Crippen molar-refractivity contribution in [1.29, 1.82) is 0 Å². The molecule has 0 rings (SSSR count). The van der Waals surface area contributed by atoms with Crippen molar-refractivity contribution < 1.29 is 40.2 Å². The molecule has 8 nitrogen and oxygen atoms in total. The molecule has 0 amide bonds. The minimum atomic E-state index is -2.05. The fraction of sp³-hybridized carbons (Fsp3) is 0.968. The van der Waals surface area contributed by atoms with Gasteiger partial charge in [-0.05, 0) is 18.8 Å². The summed E-state index contributed by atoms with van der Waals surface area (Å²) in [5.41, 5.74) is 0. The highest BCUT2D eigenvalue weighted by molar-refractivity contribution is 5.69. The van der Waals surface area contributed by atoms with Crippen LogP contribution in [0, 0.1) is 5.92 Å². The molecule has 0 aromatic carbocycles. The molecule has 0 aromatic heterocycles. The minimum absolute atomic E-state index is 0.121. The van der Waals surface area contributed by atoms with Gasteiger partial charge < -0.3 is 35.4 Å². The SMILES string of the molecule is CCCCCCCCCCCCC(CCCCCCCCCC)CC(=O)OC(O)[C@@H](O)[C@@H](O)[C@H](O)[C@H](O)CO. The number of carbonyl (C=O) groups is 1. The van der Waals surface area contributed by atoms with Gasteiger partial charge in [0.15, 0.2) is 0 Å². The van der Waals surface area contributed by atoms with E-state index in [9.17, 15) is 30.3 Å². The maximum absolute atomic E-state index is 12.5. The van der Waals surface area contributed by atoms with Crippen LogP contribution in [-0.2, 0) is 9.53 Å². The fourth-order valence-electron chi connectivity index (χ4n) is 5.03. The number of ether oxygens (including phenoxy) is 1. The molecule has 0 spiro atoms. The van der Waals surface area contributed by atoms with E-state index in [1.54, 1.807) is 0 Å². The monoisotopic (exact) mass is 562 g/mol. The normalized spacial score (nSPS) is 16.4. The van der Waals surface area contributed by atoms with E-state index in [-0.39, 0.29) is 12.3 Å². The van der Waals surface area contributed by atoms with Crippen LogP contribution in [-0.4, -0.2) is 73.9 Å². The first-order valence-corrected chi connectivity index (χ1v) is 16.0. The molecule has 8 heteroatoms. The van der Waals surface area contributed by atoms with E-state index < -0.39 is 43.3 Å². The topological polar surface area (TPSA) is 148 Å². The summed E-state index contributed by atoms with van der Waals surface area (Å²) >= 11 is 0. The van der Waals surface area contributed by atoms with Gasteiger partial charge in [0.2, 0.25) is 6.29 Å². The zero-order valence-corrected chi connectivity index (χ0v) is 25.0. The first-order chi connectivity index (χ1) is 18.8. The van der Waals surface area contributed by atoms with Gasteiger partial charge in [-0.2, -0.15) is 0 Å². The van der Waals surface area contributed by atoms with Gasteiger partial charge in [-0.15, -0.1) is 0 Å². The van der Waals surface area contributed by atoms with Gasteiger partial charge >= 0.3 is 5.97 Å². The van der Waals surface area contributed by atoms with Crippen molar-refractivity contribution in [1.82, 2.24) is 0 Å². The Labute approximate surface area is 238 Å². The summed E-state index contributed by atoms with van der Waals surface area (Å²) in [5, 5.41) is 58.1. The lowest BCUT2D eigenvalue weighted by Crippen LogP contribution is -2.51. The van der Waals surface area contributed by atoms with Crippen molar-refractivity contribution in [3.8, 4) is 0 Å². The molecule has 0 aromatic rings. The smallest absolute Gasteiger partial charge is 0.308 e. The predicted octanol–water partition coefficient (Wildman–Crippen LogP) is 5.13. The molecule has 0 saturated carbocycles. The summed E-state index contributed by atoms with van der Waals surface area (Å²) in [6.45, 7) is 3.61. The van der Waals surface area contributed by atoms with E-state index in [4.69, 9.17) is 9.84 Å². The third-order valence-corrected chi connectivity index (χ3v) is 7.71. The summed E-state index contributed by atoms with van der Waals surface area (Å²) in [4.78, 5) is 12.5. The van der Waals surface area contributed by atoms with Gasteiger partial charge in [-0.3, -0.25) is 4.79 Å². The van der Waals surface area contributed by atoms with Gasteiger partial charge in [-0.25, -0.2) is 0 Å². The highest BCUT2D eigenvalue weighted by atomic mass is 16.6. The lowest BCUT2D eigenvalue weighted by atomic mass is 9.91. The molecule has 0 aliphatic carbocycles. The molecule has 0 aliphatic rings. The Morgan fingerprint density at radius 2 is 0.949 bits per heavy atom. The Hall–Kier alpha value is -0.770. The standard InChI is InChI=1S/C31H62O8/c1-3-5-7-9-11-13-14-16-18-20-22-25(21-19-17-15-12-10-8-6-4-2)23-27(34)39-31(38)30(37)29(36)28(35)26(33)24-32/h25-26,28-33,35-38H,3-24H2,1-2H3/t25?,26-,28-,29+,30+,31?/m1/s1. The Kier molecular flexibility index (Phi) is 25.6. The third kappa shape index (κ3) is 20.7. The summed E-state index contributed by atoms with van der Waals surface area (Å²) < 4.78 is 4.96. The largest absolute Gasteiger partial charge is 0.433 e. The Morgan fingerprint density at radius 3 is 1.33 bits per heavy atom. The molecular weight excluding hydrogens is 500 g/mol. The number of rotatable bonds is 28. The van der Waals surface area contributed by atoms with E-state index in [0.717, 1.165) is 38.5 Å². The van der Waals surface area contributed by atoms with Crippen molar-refractivity contribution in [2.45, 2.75) is 179 Å². The zero-order valence-electron chi connectivity index (χ0n) is 25.0. The maximum atomic E-state index is 12.5. The molecule has 6 N–H and O–H groups in total. The lowest BCUT2D eigenvalue weighted by Gasteiger charge is -2.28. The van der Waals surface area contributed by atoms with Crippen LogP contribution < -0.4 is 0 Å². The van der Waals surface area contributed by atoms with Crippen LogP contribution >= 0.6 is 0 Å². The average Bonchev–Trinajstić information content (AvgIpc) is 2.93. The Morgan fingerprint density at radius 1 is 0.564 bits per heavy atom. The number of hydrogen-bond donors (Lipinski definition) is 6. The van der Waals surface area contributed by atoms with Gasteiger partial charge in [-0.1, -0.05) is 129 Å². The van der Waals surface area contributed by atoms with E-state index in [0.29, 0.717) is 0 Å². The van der Waals surface area contributed by atoms with Crippen molar-refractivity contribution in [3.05, 3.63) is 0 Å². The van der Waals surface area contributed by atoms with Crippen LogP contribution in [0.1, 0.15) is 149 Å². The number of aliphatic hydroxyl groups is 6. The van der Waals surface area contributed by atoms with Crippen molar-refractivity contribution in [3.63, 3.8) is 0 Å². The predicted molar refractivity (Wildman–Crippen MR) is 155 cm³/mol. The van der Waals surface area contributed by atoms with Gasteiger partial charge in [0.1, 0.15) is 24.4 Å². The molecular formula is C31H62O8. The Balaban J connectivity index is 4.54. The highest BCUT2D eigenvalue weighted by Gasteiger charge is 2.36. The number of hydrogen-bond acceptors (Lipinski definition) is 8. The van der Waals surface area contributed by atoms with Crippen LogP contribution in [0.4, 0.5) is 0 Å². The number of carbonyl (C=O) groups excluding carboxylic acids is 1. The van der Waals surface area contributed by atoms with Gasteiger partial charge in [0.05, 0.1) is 6.61 Å². The van der Waals surface area contributed by atoms with Crippen LogP contribution in [0.15, 0.2) is 0 Å². The summed E-state index contributed by atoms with van der Waals surface area (Å²) in [6.07, 6.45) is 14.5. The van der Waals surface area contributed by atoms with Gasteiger partial charge in [0.25, 0.3) is 0 Å². The summed E-state index contributed by atoms with van der Waals surface area (Å²) in [6, 6.07) is 0. The van der Waals surface area contributed by atoms with Gasteiger partial charge in [0, 0.05) is 6.42 Å². The summed E-state index contributed by atoms with van der Waals surface area (Å²) in [7, 11) is 0. The van der Waals surface area contributed by atoms with E-state index in [1.165, 1.54) is 89.9 Å². The van der Waals surface area contributed by atoms with E-state index >= 15 is 0 Å². The zero-order chi connectivity index (χ0) is 29.3. The van der Waals surface area contributed by atoms with E-state index in [2.05, 4.69) is 13.8 Å². The first-order valence-electron chi connectivity index (χ1n) is 16.0. The third-order valence-electron chi connectivity index (χ3n) is 7.71. The second kappa shape index (κ2) is 26.1. The second-order valence-electron chi connectivity index (χ2n) is 11.4. The van der Waals surface area contributed by atoms with E-state index in [1.807, 2.05) is 0 Å². The Bertz CT molecular complexity index is 547. The molecule has 0 aliphatic heterocycles. The number of esters is 1. The first kappa shape index (κ1) is 38.2.